The average molecular weight is 404 g/mol. The molecule has 2 aliphatic rings. The Hall–Kier alpha value is -3.46. The van der Waals surface area contributed by atoms with Crippen molar-refractivity contribution in [1.29, 1.82) is 5.26 Å². The molecule has 0 fully saturated rings. The molecule has 2 aromatic rings. The Morgan fingerprint density at radius 3 is 2.57 bits per heavy atom. The molecule has 0 saturated carbocycles. The number of ketones is 1. The van der Waals surface area contributed by atoms with Crippen molar-refractivity contribution in [3.8, 4) is 17.6 Å². The zero-order chi connectivity index (χ0) is 21.6. The van der Waals surface area contributed by atoms with Gasteiger partial charge >= 0.3 is 0 Å². The Morgan fingerprint density at radius 2 is 1.90 bits per heavy atom. The third-order valence-corrected chi connectivity index (χ3v) is 5.81. The molecule has 4 rings (SSSR count). The summed E-state index contributed by atoms with van der Waals surface area (Å²) in [6.07, 6.45) is 0.946. The highest BCUT2D eigenvalue weighted by molar-refractivity contribution is 6.02. The van der Waals surface area contributed by atoms with E-state index in [-0.39, 0.29) is 22.7 Å². The highest BCUT2D eigenvalue weighted by atomic mass is 16.5. The second kappa shape index (κ2) is 7.10. The largest absolute Gasteiger partial charge is 0.497 e. The van der Waals surface area contributed by atoms with Gasteiger partial charge in [-0.1, -0.05) is 26.0 Å². The molecule has 1 aliphatic heterocycles. The molecular weight excluding hydrogens is 380 g/mol. The molecular formula is C24H24N2O4. The summed E-state index contributed by atoms with van der Waals surface area (Å²) in [5.41, 5.74) is 7.37. The maximum absolute atomic E-state index is 13.3. The summed E-state index contributed by atoms with van der Waals surface area (Å²) >= 11 is 0. The van der Waals surface area contributed by atoms with E-state index in [1.54, 1.807) is 14.2 Å². The highest BCUT2D eigenvalue weighted by Crippen LogP contribution is 2.51. The fourth-order valence-electron chi connectivity index (χ4n) is 4.48. The Balaban J connectivity index is 2.07. The van der Waals surface area contributed by atoms with Crippen LogP contribution in [0.3, 0.4) is 0 Å². The number of fused-ring (bicyclic) bond motifs is 1. The first-order valence-electron chi connectivity index (χ1n) is 9.78. The summed E-state index contributed by atoms with van der Waals surface area (Å²) in [6.45, 7) is 4.05. The molecule has 0 aromatic heterocycles. The van der Waals surface area contributed by atoms with E-state index >= 15 is 0 Å². The van der Waals surface area contributed by atoms with Crippen LogP contribution >= 0.6 is 0 Å². The molecule has 0 unspecified atom stereocenters. The Kier molecular flexibility index (Phi) is 4.70. The number of hydrogen-bond donors (Lipinski definition) is 1. The molecule has 0 amide bonds. The minimum absolute atomic E-state index is 0.0338. The van der Waals surface area contributed by atoms with Crippen LogP contribution in [0.15, 0.2) is 53.1 Å². The van der Waals surface area contributed by atoms with Crippen molar-refractivity contribution in [1.82, 2.24) is 0 Å². The molecule has 0 bridgehead atoms. The van der Waals surface area contributed by atoms with Gasteiger partial charge in [-0.25, -0.2) is 0 Å². The maximum Gasteiger partial charge on any atom is 0.205 e. The fourth-order valence-corrected chi connectivity index (χ4v) is 4.48. The summed E-state index contributed by atoms with van der Waals surface area (Å²) < 4.78 is 16.9. The first-order valence-corrected chi connectivity index (χ1v) is 9.78. The predicted octanol–water partition coefficient (Wildman–Crippen LogP) is 4.31. The van der Waals surface area contributed by atoms with Gasteiger partial charge in [0.25, 0.3) is 0 Å². The fraction of sp³-hybridized carbons (Fsp3) is 0.333. The van der Waals surface area contributed by atoms with E-state index in [1.165, 1.54) is 0 Å². The van der Waals surface area contributed by atoms with Crippen LogP contribution in [0.5, 0.6) is 11.5 Å². The third-order valence-electron chi connectivity index (χ3n) is 5.81. The second-order valence-corrected chi connectivity index (χ2v) is 8.47. The number of Topliss-reactive ketones (excluding diaryl/α,β-unsaturated/α-hetero) is 1. The summed E-state index contributed by atoms with van der Waals surface area (Å²) in [6, 6.07) is 11.7. The minimum Gasteiger partial charge on any atom is -0.497 e. The number of carbonyl (C=O) groups is 1. The van der Waals surface area contributed by atoms with Crippen LogP contribution in [0.25, 0.3) is 10.8 Å². The van der Waals surface area contributed by atoms with Crippen LogP contribution in [0.1, 0.15) is 38.2 Å². The van der Waals surface area contributed by atoms with Crippen molar-refractivity contribution < 1.29 is 19.0 Å². The van der Waals surface area contributed by atoms with Gasteiger partial charge < -0.3 is 19.9 Å². The summed E-state index contributed by atoms with van der Waals surface area (Å²) in [5.74, 6) is 1.13. The molecule has 1 atom stereocenters. The first kappa shape index (κ1) is 19.8. The Morgan fingerprint density at radius 1 is 1.17 bits per heavy atom. The highest BCUT2D eigenvalue weighted by Gasteiger charge is 2.44. The zero-order valence-electron chi connectivity index (χ0n) is 17.5. The molecule has 1 aliphatic carbocycles. The lowest BCUT2D eigenvalue weighted by molar-refractivity contribution is -0.119. The number of ether oxygens (including phenoxy) is 3. The minimum atomic E-state index is -0.659. The van der Waals surface area contributed by atoms with E-state index in [4.69, 9.17) is 19.9 Å². The Labute approximate surface area is 175 Å². The average Bonchev–Trinajstić information content (AvgIpc) is 2.70. The molecule has 30 heavy (non-hydrogen) atoms. The molecule has 0 spiro atoms. The van der Waals surface area contributed by atoms with Crippen LogP contribution in [-0.2, 0) is 9.53 Å². The normalized spacial score (nSPS) is 20.5. The van der Waals surface area contributed by atoms with Gasteiger partial charge in [-0.15, -0.1) is 0 Å². The number of carbonyl (C=O) groups excluding carboxylic acids is 1. The second-order valence-electron chi connectivity index (χ2n) is 8.47. The number of nitriles is 1. The quantitative estimate of drug-likeness (QED) is 0.819. The number of nitrogens with two attached hydrogens (primary N) is 1. The van der Waals surface area contributed by atoms with Crippen molar-refractivity contribution >= 4 is 16.6 Å². The molecule has 154 valence electrons. The first-order chi connectivity index (χ1) is 14.3. The van der Waals surface area contributed by atoms with Crippen LogP contribution in [-0.4, -0.2) is 20.0 Å². The molecule has 2 N–H and O–H groups in total. The smallest absolute Gasteiger partial charge is 0.205 e. The Bertz CT molecular complexity index is 1160. The van der Waals surface area contributed by atoms with Crippen molar-refractivity contribution in [3.05, 3.63) is 58.7 Å². The van der Waals surface area contributed by atoms with E-state index in [1.807, 2.05) is 44.2 Å². The topological polar surface area (TPSA) is 94.6 Å². The lowest BCUT2D eigenvalue weighted by Crippen LogP contribution is -2.33. The number of hydrogen-bond acceptors (Lipinski definition) is 6. The molecule has 0 radical (unpaired) electrons. The standard InChI is InChI=1S/C24H24N2O4/c1-24(2)10-17(27)22-19(11-24)30-23(26)16(12-25)21(22)20-15-9-14(28-3)7-5-13(15)6-8-18(20)29-4/h5-9,21H,10-11,26H2,1-4H3/t21-/m1/s1. The lowest BCUT2D eigenvalue weighted by atomic mass is 9.69. The van der Waals surface area contributed by atoms with Gasteiger partial charge in [-0.2, -0.15) is 5.26 Å². The monoisotopic (exact) mass is 404 g/mol. The van der Waals surface area contributed by atoms with Crippen molar-refractivity contribution in [2.45, 2.75) is 32.6 Å². The van der Waals surface area contributed by atoms with Crippen LogP contribution in [0.2, 0.25) is 0 Å². The summed E-state index contributed by atoms with van der Waals surface area (Å²) in [7, 11) is 3.17. The number of rotatable bonds is 3. The lowest BCUT2D eigenvalue weighted by Gasteiger charge is -2.37. The van der Waals surface area contributed by atoms with Crippen LogP contribution < -0.4 is 15.2 Å². The number of allylic oxidation sites excluding steroid dienone is 3. The summed E-state index contributed by atoms with van der Waals surface area (Å²) in [4.78, 5) is 13.3. The SMILES string of the molecule is COc1ccc2ccc(OC)c([C@H]3C(C#N)=C(N)OC4=C3C(=O)CC(C)(C)C4)c2c1. The van der Waals surface area contributed by atoms with E-state index < -0.39 is 5.92 Å². The van der Waals surface area contributed by atoms with Gasteiger partial charge in [0.1, 0.15) is 28.9 Å². The van der Waals surface area contributed by atoms with Gasteiger partial charge in [0, 0.05) is 24.0 Å². The predicted molar refractivity (Wildman–Crippen MR) is 113 cm³/mol. The third kappa shape index (κ3) is 3.07. The van der Waals surface area contributed by atoms with Crippen LogP contribution in [0, 0.1) is 16.7 Å². The number of benzene rings is 2. The molecule has 6 heteroatoms. The van der Waals surface area contributed by atoms with E-state index in [0.29, 0.717) is 35.7 Å². The van der Waals surface area contributed by atoms with Gasteiger partial charge in [0.2, 0.25) is 5.88 Å². The van der Waals surface area contributed by atoms with E-state index in [9.17, 15) is 10.1 Å². The van der Waals surface area contributed by atoms with Crippen molar-refractivity contribution in [2.75, 3.05) is 14.2 Å². The maximum atomic E-state index is 13.3. The van der Waals surface area contributed by atoms with Gasteiger partial charge in [-0.3, -0.25) is 4.79 Å². The van der Waals surface area contributed by atoms with Crippen molar-refractivity contribution in [2.24, 2.45) is 11.1 Å². The van der Waals surface area contributed by atoms with Gasteiger partial charge in [0.15, 0.2) is 5.78 Å². The molecule has 1 heterocycles. The van der Waals surface area contributed by atoms with Crippen LogP contribution in [0.4, 0.5) is 0 Å². The zero-order valence-corrected chi connectivity index (χ0v) is 17.5. The van der Waals surface area contributed by atoms with E-state index in [0.717, 1.165) is 16.3 Å². The van der Waals surface area contributed by atoms with Gasteiger partial charge in [0.05, 0.1) is 20.1 Å². The van der Waals surface area contributed by atoms with Gasteiger partial charge in [-0.05, 0) is 34.4 Å². The van der Waals surface area contributed by atoms with Crippen molar-refractivity contribution in [3.63, 3.8) is 0 Å². The number of methoxy groups -OCH3 is 2. The molecule has 2 aromatic carbocycles. The summed E-state index contributed by atoms with van der Waals surface area (Å²) in [5, 5.41) is 11.7. The van der Waals surface area contributed by atoms with E-state index in [2.05, 4.69) is 6.07 Å². The molecule has 6 nitrogen and oxygen atoms in total. The molecule has 0 saturated heterocycles. The number of nitrogens with zero attached hydrogens (tertiary/aromatic N) is 1.